The zero-order valence-electron chi connectivity index (χ0n) is 15.6. The minimum atomic E-state index is -0.647. The van der Waals surface area contributed by atoms with Crippen molar-refractivity contribution < 1.29 is 19.4 Å². The first-order valence-corrected chi connectivity index (χ1v) is 8.98. The van der Waals surface area contributed by atoms with E-state index in [0.29, 0.717) is 24.3 Å². The average Bonchev–Trinajstić information content (AvgIpc) is 3.16. The molecule has 2 amide bonds. The second-order valence-electron chi connectivity index (χ2n) is 7.44. The van der Waals surface area contributed by atoms with Crippen molar-refractivity contribution in [3.63, 3.8) is 0 Å². The Morgan fingerprint density at radius 1 is 1.44 bits per heavy atom. The maximum Gasteiger partial charge on any atom is 0.416 e. The summed E-state index contributed by atoms with van der Waals surface area (Å²) in [6.45, 7) is 7.22. The Morgan fingerprint density at radius 3 is 2.78 bits per heavy atom. The number of hydrogen-bond donors (Lipinski definition) is 2. The Balaban J connectivity index is 2.04. The maximum atomic E-state index is 12.6. The fourth-order valence-electron chi connectivity index (χ4n) is 2.81. The number of carbonyl (C=O) groups excluding carboxylic acids is 2. The molecule has 0 radical (unpaired) electrons. The zero-order valence-corrected chi connectivity index (χ0v) is 16.4. The molecule has 0 unspecified atom stereocenters. The Hall–Kier alpha value is -2.39. The van der Waals surface area contributed by atoms with Gasteiger partial charge in [-0.05, 0) is 34.1 Å². The summed E-state index contributed by atoms with van der Waals surface area (Å²) in [5.74, 6) is 0.0189. The van der Waals surface area contributed by atoms with Crippen LogP contribution in [0.2, 0.25) is 5.15 Å². The van der Waals surface area contributed by atoms with Crippen LogP contribution >= 0.6 is 11.6 Å². The van der Waals surface area contributed by atoms with Gasteiger partial charge in [-0.2, -0.15) is 9.61 Å². The van der Waals surface area contributed by atoms with Gasteiger partial charge in [0.1, 0.15) is 22.1 Å². The number of aliphatic hydroxyl groups excluding tert-OH is 1. The second kappa shape index (κ2) is 6.97. The molecule has 0 aromatic carbocycles. The predicted molar refractivity (Wildman–Crippen MR) is 99.3 cm³/mol. The van der Waals surface area contributed by atoms with Crippen LogP contribution in [0.25, 0.3) is 5.65 Å². The van der Waals surface area contributed by atoms with Crippen LogP contribution in [0.1, 0.15) is 43.6 Å². The fourth-order valence-corrected chi connectivity index (χ4v) is 3.07. The van der Waals surface area contributed by atoms with E-state index in [1.54, 1.807) is 27.7 Å². The van der Waals surface area contributed by atoms with Gasteiger partial charge in [0.2, 0.25) is 0 Å². The van der Waals surface area contributed by atoms with Gasteiger partial charge in [-0.1, -0.05) is 11.6 Å². The van der Waals surface area contributed by atoms with Crippen LogP contribution < -0.4 is 10.2 Å². The van der Waals surface area contributed by atoms with E-state index >= 15 is 0 Å². The molecule has 27 heavy (non-hydrogen) atoms. The minimum absolute atomic E-state index is 0.193. The first kappa shape index (κ1) is 19.4. The molecule has 1 atom stereocenters. The number of aliphatic hydroxyl groups is 1. The highest BCUT2D eigenvalue weighted by Crippen LogP contribution is 2.34. The van der Waals surface area contributed by atoms with Crippen LogP contribution in [0.15, 0.2) is 6.20 Å². The van der Waals surface area contributed by atoms with Crippen LogP contribution in [-0.2, 0) is 11.2 Å². The van der Waals surface area contributed by atoms with Gasteiger partial charge in [-0.3, -0.25) is 9.69 Å². The van der Waals surface area contributed by atoms with E-state index in [-0.39, 0.29) is 23.0 Å². The lowest BCUT2D eigenvalue weighted by atomic mass is 10.2. The molecule has 2 aromatic rings. The largest absolute Gasteiger partial charge is 0.443 e. The summed E-state index contributed by atoms with van der Waals surface area (Å²) in [6, 6.07) is -0.421. The monoisotopic (exact) mass is 395 g/mol. The number of hydrogen-bond acceptors (Lipinski definition) is 6. The standard InChI is InChI=1S/C17H22ClN5O4/c1-9(8-24)20-14(25)11-7-19-23-13(11)21-12(18)10-5-6-22(15(10)23)16(26)27-17(2,3)4/h7,9,24H,5-6,8H2,1-4H3,(H,20,25)/t9-/m0/s1. The highest BCUT2D eigenvalue weighted by Gasteiger charge is 2.34. The second-order valence-corrected chi connectivity index (χ2v) is 7.80. The van der Waals surface area contributed by atoms with E-state index in [1.165, 1.54) is 15.6 Å². The molecule has 0 aliphatic carbocycles. The van der Waals surface area contributed by atoms with E-state index in [0.717, 1.165) is 0 Å². The van der Waals surface area contributed by atoms with E-state index in [1.807, 2.05) is 0 Å². The van der Waals surface area contributed by atoms with Crippen LogP contribution in [-0.4, -0.2) is 56.5 Å². The summed E-state index contributed by atoms with van der Waals surface area (Å²) >= 11 is 6.32. The van der Waals surface area contributed by atoms with E-state index in [4.69, 9.17) is 21.4 Å². The number of anilines is 1. The van der Waals surface area contributed by atoms with Crippen molar-refractivity contribution >= 4 is 35.1 Å². The summed E-state index contributed by atoms with van der Waals surface area (Å²) in [5, 5.41) is 16.2. The van der Waals surface area contributed by atoms with E-state index in [9.17, 15) is 9.59 Å². The number of halogens is 1. The smallest absolute Gasteiger partial charge is 0.416 e. The van der Waals surface area contributed by atoms with Crippen molar-refractivity contribution in [1.82, 2.24) is 19.9 Å². The molecular weight excluding hydrogens is 374 g/mol. The molecule has 0 fully saturated rings. The van der Waals surface area contributed by atoms with Gasteiger partial charge in [-0.15, -0.1) is 0 Å². The summed E-state index contributed by atoms with van der Waals surface area (Å²) < 4.78 is 6.89. The number of fused-ring (bicyclic) bond motifs is 3. The number of carbonyl (C=O) groups is 2. The first-order valence-electron chi connectivity index (χ1n) is 8.60. The van der Waals surface area contributed by atoms with Gasteiger partial charge in [0.15, 0.2) is 5.65 Å². The molecular formula is C17H22ClN5O4. The lowest BCUT2D eigenvalue weighted by molar-refractivity contribution is 0.0582. The normalized spacial score (nSPS) is 15.0. The number of nitrogens with one attached hydrogen (secondary N) is 1. The molecule has 146 valence electrons. The molecule has 0 spiro atoms. The van der Waals surface area contributed by atoms with Gasteiger partial charge >= 0.3 is 6.09 Å². The predicted octanol–water partition coefficient (Wildman–Crippen LogP) is 1.79. The van der Waals surface area contributed by atoms with Gasteiger partial charge in [-0.25, -0.2) is 9.78 Å². The highest BCUT2D eigenvalue weighted by atomic mass is 35.5. The first-order chi connectivity index (χ1) is 12.6. The highest BCUT2D eigenvalue weighted by molar-refractivity contribution is 6.31. The number of nitrogens with zero attached hydrogens (tertiary/aromatic N) is 4. The van der Waals surface area contributed by atoms with Crippen molar-refractivity contribution in [2.45, 2.75) is 45.8 Å². The van der Waals surface area contributed by atoms with Crippen molar-refractivity contribution in [3.05, 3.63) is 22.5 Å². The van der Waals surface area contributed by atoms with Crippen molar-refractivity contribution in [2.75, 3.05) is 18.1 Å². The minimum Gasteiger partial charge on any atom is -0.443 e. The maximum absolute atomic E-state index is 12.6. The molecule has 3 rings (SSSR count). The van der Waals surface area contributed by atoms with Crippen molar-refractivity contribution in [3.8, 4) is 0 Å². The number of aromatic nitrogens is 3. The van der Waals surface area contributed by atoms with Crippen LogP contribution in [0.5, 0.6) is 0 Å². The van der Waals surface area contributed by atoms with Crippen LogP contribution in [0.4, 0.5) is 10.6 Å². The molecule has 3 heterocycles. The quantitative estimate of drug-likeness (QED) is 0.767. The third kappa shape index (κ3) is 3.70. The Bertz CT molecular complexity index is 905. The average molecular weight is 396 g/mol. The number of rotatable bonds is 3. The summed E-state index contributed by atoms with van der Waals surface area (Å²) in [7, 11) is 0. The molecule has 9 nitrogen and oxygen atoms in total. The van der Waals surface area contributed by atoms with Crippen LogP contribution in [0, 0.1) is 0 Å². The van der Waals surface area contributed by atoms with Gasteiger partial charge < -0.3 is 15.2 Å². The van der Waals surface area contributed by atoms with Crippen molar-refractivity contribution in [2.24, 2.45) is 0 Å². The molecule has 0 saturated heterocycles. The molecule has 0 bridgehead atoms. The van der Waals surface area contributed by atoms with Gasteiger partial charge in [0.25, 0.3) is 5.91 Å². The third-order valence-electron chi connectivity index (χ3n) is 4.02. The molecule has 2 N–H and O–H groups in total. The lowest BCUT2D eigenvalue weighted by Gasteiger charge is -2.24. The van der Waals surface area contributed by atoms with E-state index < -0.39 is 23.6 Å². The Kier molecular flexibility index (Phi) is 5.00. The summed E-state index contributed by atoms with van der Waals surface area (Å²) in [5.41, 5.74) is 0.465. The SMILES string of the molecule is C[C@@H](CO)NC(=O)c1cnn2c3c(c(Cl)nc12)CCN3C(=O)OC(C)(C)C. The fraction of sp³-hybridized carbons (Fsp3) is 0.529. The molecule has 2 aromatic heterocycles. The number of ether oxygens (including phenoxy) is 1. The lowest BCUT2D eigenvalue weighted by Crippen LogP contribution is -2.36. The van der Waals surface area contributed by atoms with E-state index in [2.05, 4.69) is 15.4 Å². The van der Waals surface area contributed by atoms with Gasteiger partial charge in [0, 0.05) is 18.2 Å². The zero-order chi connectivity index (χ0) is 19.9. The summed E-state index contributed by atoms with van der Waals surface area (Å²) in [4.78, 5) is 30.8. The third-order valence-corrected chi connectivity index (χ3v) is 4.33. The molecule has 0 saturated carbocycles. The molecule has 1 aliphatic rings. The molecule has 1 aliphatic heterocycles. The number of amides is 2. The Morgan fingerprint density at radius 2 is 2.15 bits per heavy atom. The van der Waals surface area contributed by atoms with Gasteiger partial charge in [0.05, 0.1) is 12.8 Å². The topological polar surface area (TPSA) is 109 Å². The molecule has 10 heteroatoms. The van der Waals surface area contributed by atoms with Crippen molar-refractivity contribution in [1.29, 1.82) is 0 Å². The summed E-state index contributed by atoms with van der Waals surface area (Å²) in [6.07, 6.45) is 1.36. The Labute approximate surface area is 161 Å². The van der Waals surface area contributed by atoms with Crippen LogP contribution in [0.3, 0.4) is 0 Å².